The van der Waals surface area contributed by atoms with Gasteiger partial charge in [-0.15, -0.1) is 0 Å². The van der Waals surface area contributed by atoms with Crippen molar-refractivity contribution in [2.75, 3.05) is 18.2 Å². The van der Waals surface area contributed by atoms with Gasteiger partial charge in [0.15, 0.2) is 5.96 Å². The number of hydrogen-bond donors (Lipinski definition) is 4. The van der Waals surface area contributed by atoms with Gasteiger partial charge in [-0.2, -0.15) is 0 Å². The Kier molecular flexibility index (Phi) is 8.70. The van der Waals surface area contributed by atoms with E-state index in [4.69, 9.17) is 10.5 Å². The molecule has 0 aromatic heterocycles. The van der Waals surface area contributed by atoms with Gasteiger partial charge >= 0.3 is 0 Å². The monoisotopic (exact) mass is 446 g/mol. The Hall–Kier alpha value is -1.29. The van der Waals surface area contributed by atoms with Crippen LogP contribution in [0.25, 0.3) is 0 Å². The fourth-order valence-corrected chi connectivity index (χ4v) is 3.64. The molecular weight excluding hydrogens is 424 g/mol. The highest BCUT2D eigenvalue weighted by molar-refractivity contribution is 9.12. The first-order chi connectivity index (χ1) is 11.7. The lowest BCUT2D eigenvalue weighted by atomic mass is 10.3. The highest BCUT2D eigenvalue weighted by Crippen LogP contribution is 2.30. The summed E-state index contributed by atoms with van der Waals surface area (Å²) in [6.07, 6.45) is 3.78. The molecule has 0 fully saturated rings. The van der Waals surface area contributed by atoms with E-state index in [9.17, 15) is 9.32 Å². The number of rotatable bonds is 8. The molecular formula is C16H23BrN4O2S2. The molecule has 9 heteroatoms. The minimum atomic E-state index is -2.74. The van der Waals surface area contributed by atoms with Crippen LogP contribution in [0.4, 0.5) is 5.69 Å². The number of benzene rings is 1. The minimum absolute atomic E-state index is 0.00749. The lowest BCUT2D eigenvalue weighted by molar-refractivity contribution is 0.293. The number of nitrogens with two attached hydrogens (primary N) is 1. The molecule has 1 aromatic carbocycles. The molecule has 1 rings (SSSR count). The molecule has 0 aliphatic rings. The van der Waals surface area contributed by atoms with E-state index in [1.165, 1.54) is 18.0 Å². The summed E-state index contributed by atoms with van der Waals surface area (Å²) in [5.74, 6) is 0.171. The van der Waals surface area contributed by atoms with Crippen molar-refractivity contribution in [1.29, 1.82) is 4.78 Å². The van der Waals surface area contributed by atoms with Crippen LogP contribution in [0.1, 0.15) is 13.3 Å². The Morgan fingerprint density at radius 1 is 1.56 bits per heavy atom. The molecule has 0 saturated carbocycles. The normalized spacial score (nSPS) is 16.6. The second-order valence-corrected chi connectivity index (χ2v) is 9.48. The van der Waals surface area contributed by atoms with E-state index < -0.39 is 9.73 Å². The first kappa shape index (κ1) is 21.8. The second-order valence-electron chi connectivity index (χ2n) is 5.18. The zero-order valence-corrected chi connectivity index (χ0v) is 17.4. The van der Waals surface area contributed by atoms with E-state index in [0.717, 1.165) is 6.42 Å². The van der Waals surface area contributed by atoms with Crippen LogP contribution in [-0.4, -0.2) is 33.4 Å². The lowest BCUT2D eigenvalue weighted by Gasteiger charge is -2.13. The van der Waals surface area contributed by atoms with Crippen molar-refractivity contribution in [1.82, 2.24) is 0 Å². The van der Waals surface area contributed by atoms with Gasteiger partial charge in [0, 0.05) is 26.6 Å². The topological polar surface area (TPSA) is 112 Å². The standard InChI is InChI=1S/C16H23BrN4O2S2/c1-4-12(10-22)24-15(14(17)5-2)21-16(18)20-11-6-8-13(9-7-11)25(3,19)23/h5-9,12,19,22H,2,4,10H2,1,3H3,(H3,18,20,21)/b15-14-. The fourth-order valence-electron chi connectivity index (χ4n) is 1.71. The Morgan fingerprint density at radius 2 is 2.16 bits per heavy atom. The number of halogens is 1. The molecule has 0 radical (unpaired) electrons. The Morgan fingerprint density at radius 3 is 2.60 bits per heavy atom. The van der Waals surface area contributed by atoms with E-state index in [1.54, 1.807) is 30.3 Å². The summed E-state index contributed by atoms with van der Waals surface area (Å²) in [7, 11) is -2.74. The van der Waals surface area contributed by atoms with Crippen molar-refractivity contribution in [2.24, 2.45) is 10.7 Å². The highest BCUT2D eigenvalue weighted by Gasteiger charge is 2.12. The first-order valence-electron chi connectivity index (χ1n) is 7.46. The van der Waals surface area contributed by atoms with Crippen molar-refractivity contribution < 1.29 is 9.32 Å². The van der Waals surface area contributed by atoms with Crippen molar-refractivity contribution in [2.45, 2.75) is 23.5 Å². The van der Waals surface area contributed by atoms with E-state index in [1.807, 2.05) is 6.92 Å². The van der Waals surface area contributed by atoms with Gasteiger partial charge in [0.2, 0.25) is 0 Å². The molecule has 0 saturated heterocycles. The molecule has 6 nitrogen and oxygen atoms in total. The summed E-state index contributed by atoms with van der Waals surface area (Å²) in [6, 6.07) is 6.62. The van der Waals surface area contributed by atoms with Crippen LogP contribution in [0.5, 0.6) is 0 Å². The number of nitrogens with zero attached hydrogens (tertiary/aromatic N) is 1. The van der Waals surface area contributed by atoms with Gasteiger partial charge in [0.25, 0.3) is 0 Å². The summed E-state index contributed by atoms with van der Waals surface area (Å²) in [6.45, 7) is 5.73. The largest absolute Gasteiger partial charge is 0.395 e. The predicted molar refractivity (Wildman–Crippen MR) is 112 cm³/mol. The molecule has 2 unspecified atom stereocenters. The van der Waals surface area contributed by atoms with E-state index in [2.05, 4.69) is 32.8 Å². The van der Waals surface area contributed by atoms with Gasteiger partial charge in [-0.25, -0.2) is 14.0 Å². The SMILES string of the molecule is C=C/C(Br)=C(\N=C(N)Nc1ccc(S(C)(=N)=O)cc1)SC(CC)CO. The van der Waals surface area contributed by atoms with Gasteiger partial charge < -0.3 is 16.2 Å². The summed E-state index contributed by atoms with van der Waals surface area (Å²) >= 11 is 4.80. The van der Waals surface area contributed by atoms with Gasteiger partial charge in [0.05, 0.1) is 16.3 Å². The molecule has 0 bridgehead atoms. The van der Waals surface area contributed by atoms with Crippen LogP contribution in [0, 0.1) is 4.78 Å². The number of nitrogens with one attached hydrogen (secondary N) is 2. The molecule has 0 amide bonds. The number of thioether (sulfide) groups is 1. The zero-order chi connectivity index (χ0) is 19.0. The van der Waals surface area contributed by atoms with Crippen LogP contribution in [0.2, 0.25) is 0 Å². The van der Waals surface area contributed by atoms with Crippen LogP contribution in [0.3, 0.4) is 0 Å². The van der Waals surface area contributed by atoms with E-state index in [0.29, 0.717) is 20.1 Å². The van der Waals surface area contributed by atoms with Gasteiger partial charge in [0.1, 0.15) is 5.03 Å². The summed E-state index contributed by atoms with van der Waals surface area (Å²) in [5, 5.41) is 12.9. The molecule has 0 heterocycles. The fraction of sp³-hybridized carbons (Fsp3) is 0.312. The van der Waals surface area contributed by atoms with Crippen molar-refractivity contribution in [3.05, 3.63) is 46.4 Å². The number of allylic oxidation sites excluding steroid dienone is 2. The third-order valence-corrected chi connectivity index (χ3v) is 6.60. The maximum Gasteiger partial charge on any atom is 0.198 e. The van der Waals surface area contributed by atoms with Crippen LogP contribution < -0.4 is 11.1 Å². The smallest absolute Gasteiger partial charge is 0.198 e. The average Bonchev–Trinajstić information content (AvgIpc) is 2.57. The highest BCUT2D eigenvalue weighted by atomic mass is 79.9. The molecule has 25 heavy (non-hydrogen) atoms. The quantitative estimate of drug-likeness (QED) is 0.276. The van der Waals surface area contributed by atoms with E-state index in [-0.39, 0.29) is 17.8 Å². The Balaban J connectivity index is 2.98. The number of aliphatic hydroxyl groups excluding tert-OH is 1. The summed E-state index contributed by atoms with van der Waals surface area (Å²) in [5.41, 5.74) is 6.63. The van der Waals surface area contributed by atoms with Crippen LogP contribution >= 0.6 is 27.7 Å². The number of aliphatic imine (C=N–C) groups is 1. The lowest BCUT2D eigenvalue weighted by Crippen LogP contribution is -2.22. The number of aliphatic hydroxyl groups is 1. The molecule has 138 valence electrons. The predicted octanol–water partition coefficient (Wildman–Crippen LogP) is 3.70. The number of hydrogen-bond acceptors (Lipinski definition) is 5. The molecule has 2 atom stereocenters. The molecule has 0 aliphatic carbocycles. The summed E-state index contributed by atoms with van der Waals surface area (Å²) < 4.78 is 19.9. The maximum atomic E-state index is 11.7. The second kappa shape index (κ2) is 10.0. The Labute approximate surface area is 161 Å². The zero-order valence-electron chi connectivity index (χ0n) is 14.2. The van der Waals surface area contributed by atoms with Crippen molar-refractivity contribution >= 4 is 49.1 Å². The molecule has 5 N–H and O–H groups in total. The molecule has 1 aromatic rings. The van der Waals surface area contributed by atoms with Gasteiger partial charge in [-0.05, 0) is 46.6 Å². The molecule has 0 aliphatic heterocycles. The van der Waals surface area contributed by atoms with Crippen molar-refractivity contribution in [3.8, 4) is 0 Å². The minimum Gasteiger partial charge on any atom is -0.395 e. The third-order valence-electron chi connectivity index (χ3n) is 3.12. The molecule has 0 spiro atoms. The van der Waals surface area contributed by atoms with Crippen molar-refractivity contribution in [3.63, 3.8) is 0 Å². The van der Waals surface area contributed by atoms with Crippen LogP contribution in [0.15, 0.2) is 56.3 Å². The number of guanidine groups is 1. The van der Waals surface area contributed by atoms with Gasteiger partial charge in [-0.1, -0.05) is 31.3 Å². The van der Waals surface area contributed by atoms with E-state index >= 15 is 0 Å². The first-order valence-corrected chi connectivity index (χ1v) is 11.1. The Bertz CT molecular complexity index is 755. The maximum absolute atomic E-state index is 11.7. The van der Waals surface area contributed by atoms with Crippen LogP contribution in [-0.2, 0) is 9.73 Å². The average molecular weight is 447 g/mol. The van der Waals surface area contributed by atoms with Gasteiger partial charge in [-0.3, -0.25) is 0 Å². The number of anilines is 1. The third kappa shape index (κ3) is 7.23. The summed E-state index contributed by atoms with van der Waals surface area (Å²) in [4.78, 5) is 4.80.